The number of nitrogens with zero attached hydrogens (tertiary/aromatic N) is 1. The van der Waals surface area contributed by atoms with Crippen molar-refractivity contribution < 1.29 is 8.42 Å². The lowest BCUT2D eigenvalue weighted by molar-refractivity contribution is 0.469. The summed E-state index contributed by atoms with van der Waals surface area (Å²) in [6, 6.07) is 14.5. The molecule has 4 nitrogen and oxygen atoms in total. The van der Waals surface area contributed by atoms with Gasteiger partial charge in [0.1, 0.15) is 10.3 Å². The smallest absolute Gasteiger partial charge is 0.262 e. The van der Waals surface area contributed by atoms with Crippen LogP contribution in [-0.4, -0.2) is 20.4 Å². The van der Waals surface area contributed by atoms with E-state index in [0.717, 1.165) is 11.3 Å². The maximum absolute atomic E-state index is 11.7. The molecule has 0 amide bonds. The van der Waals surface area contributed by atoms with E-state index in [4.69, 9.17) is 27.1 Å². The van der Waals surface area contributed by atoms with Crippen LogP contribution in [0.1, 0.15) is 16.5 Å². The predicted octanol–water partition coefficient (Wildman–Crippen LogP) is 4.59. The van der Waals surface area contributed by atoms with E-state index in [0.29, 0.717) is 5.56 Å². The van der Waals surface area contributed by atoms with Crippen LogP contribution in [0, 0.1) is 4.78 Å². The summed E-state index contributed by atoms with van der Waals surface area (Å²) < 4.78 is 31.7. The minimum Gasteiger partial charge on any atom is -0.357 e. The van der Waals surface area contributed by atoms with E-state index in [-0.39, 0.29) is 15.3 Å². The summed E-state index contributed by atoms with van der Waals surface area (Å²) >= 11 is 5.95. The molecule has 0 spiro atoms. The lowest BCUT2D eigenvalue weighted by Gasteiger charge is -2.25. The Balaban J connectivity index is 2.03. The molecule has 0 saturated carbocycles. The fraction of sp³-hybridized carbons (Fsp3) is 0.125. The molecule has 1 aliphatic heterocycles. The van der Waals surface area contributed by atoms with Crippen LogP contribution < -0.4 is 0 Å². The van der Waals surface area contributed by atoms with Crippen molar-refractivity contribution in [2.45, 2.75) is 10.3 Å². The van der Waals surface area contributed by atoms with Gasteiger partial charge in [-0.2, -0.15) is 0 Å². The summed E-state index contributed by atoms with van der Waals surface area (Å²) in [7, 11) is 2.66. The zero-order valence-electron chi connectivity index (χ0n) is 12.6. The van der Waals surface area contributed by atoms with E-state index in [9.17, 15) is 8.42 Å². The molecule has 0 radical (unpaired) electrons. The van der Waals surface area contributed by atoms with Crippen molar-refractivity contribution >= 4 is 47.7 Å². The number of halogens is 2. The molecule has 3 rings (SSSR count). The highest BCUT2D eigenvalue weighted by Crippen LogP contribution is 2.39. The molecule has 2 unspecified atom stereocenters. The van der Waals surface area contributed by atoms with Gasteiger partial charge in [-0.25, -0.2) is 8.42 Å². The Morgan fingerprint density at radius 1 is 1.17 bits per heavy atom. The normalized spacial score (nSPS) is 21.0. The zero-order valence-corrected chi connectivity index (χ0v) is 15.8. The van der Waals surface area contributed by atoms with Gasteiger partial charge in [0.05, 0.1) is 10.7 Å². The van der Waals surface area contributed by atoms with Gasteiger partial charge in [-0.3, -0.25) is 4.78 Å². The van der Waals surface area contributed by atoms with Crippen molar-refractivity contribution in [3.05, 3.63) is 70.1 Å². The molecule has 0 aromatic heterocycles. The Morgan fingerprint density at radius 2 is 1.83 bits per heavy atom. The molecule has 1 N–H and O–H groups in total. The third-order valence-corrected chi connectivity index (χ3v) is 7.14. The van der Waals surface area contributed by atoms with E-state index in [1.807, 2.05) is 47.7 Å². The highest BCUT2D eigenvalue weighted by molar-refractivity contribution is 8.13. The molecule has 2 aromatic carbocycles. The van der Waals surface area contributed by atoms with Gasteiger partial charge in [-0.15, -0.1) is 0 Å². The first-order valence-electron chi connectivity index (χ1n) is 6.96. The Kier molecular flexibility index (Phi) is 4.75. The van der Waals surface area contributed by atoms with Gasteiger partial charge in [0.2, 0.25) is 0 Å². The van der Waals surface area contributed by atoms with E-state index >= 15 is 0 Å². The summed E-state index contributed by atoms with van der Waals surface area (Å²) in [6.45, 7) is 0. The van der Waals surface area contributed by atoms with Gasteiger partial charge >= 0.3 is 0 Å². The van der Waals surface area contributed by atoms with Crippen molar-refractivity contribution in [1.82, 2.24) is 4.90 Å². The Labute approximate surface area is 153 Å². The fourth-order valence-corrected chi connectivity index (χ4v) is 5.74. The predicted molar refractivity (Wildman–Crippen MR) is 99.5 cm³/mol. The van der Waals surface area contributed by atoms with Crippen LogP contribution in [0.2, 0.25) is 5.02 Å². The molecule has 126 valence electrons. The van der Waals surface area contributed by atoms with Crippen molar-refractivity contribution in [1.29, 1.82) is 4.78 Å². The van der Waals surface area contributed by atoms with Gasteiger partial charge < -0.3 is 4.90 Å². The maximum atomic E-state index is 11.7. The largest absolute Gasteiger partial charge is 0.357 e. The Bertz CT molecular complexity index is 944. The summed E-state index contributed by atoms with van der Waals surface area (Å²) in [6.07, 6.45) is 0. The standard InChI is InChI=1S/C16H14Cl2N2O2S2/c1-20-14(10-23(19)16(20)11-5-3-2-4-6-11)12-7-8-13(17)15(9-12)24(18,21)22/h2-10,16,19H,1H3. The average molecular weight is 401 g/mol. The summed E-state index contributed by atoms with van der Waals surface area (Å²) in [5.41, 5.74) is 2.51. The van der Waals surface area contributed by atoms with Crippen molar-refractivity contribution in [2.75, 3.05) is 7.05 Å². The van der Waals surface area contributed by atoms with Crippen molar-refractivity contribution in [3.63, 3.8) is 0 Å². The Hall–Kier alpha value is -1.34. The molecule has 2 aromatic rings. The first-order valence-corrected chi connectivity index (χ1v) is 11.0. The van der Waals surface area contributed by atoms with Crippen LogP contribution in [0.25, 0.3) is 5.70 Å². The second kappa shape index (κ2) is 6.52. The number of hydrogen-bond donors (Lipinski definition) is 1. The molecule has 1 aliphatic rings. The lowest BCUT2D eigenvalue weighted by atomic mass is 10.1. The molecule has 0 aliphatic carbocycles. The highest BCUT2D eigenvalue weighted by atomic mass is 35.7. The van der Waals surface area contributed by atoms with Gasteiger partial charge in [0.15, 0.2) is 0 Å². The topological polar surface area (TPSA) is 61.2 Å². The molecular weight excluding hydrogens is 387 g/mol. The highest BCUT2D eigenvalue weighted by Gasteiger charge is 2.29. The first-order chi connectivity index (χ1) is 11.3. The van der Waals surface area contributed by atoms with Gasteiger partial charge in [0.25, 0.3) is 9.05 Å². The van der Waals surface area contributed by atoms with Crippen LogP contribution in [0.3, 0.4) is 0 Å². The van der Waals surface area contributed by atoms with Crippen LogP contribution >= 0.6 is 22.3 Å². The zero-order chi connectivity index (χ0) is 17.5. The second-order valence-electron chi connectivity index (χ2n) is 5.33. The molecule has 0 bridgehead atoms. The van der Waals surface area contributed by atoms with Crippen molar-refractivity contribution in [3.8, 4) is 0 Å². The monoisotopic (exact) mass is 400 g/mol. The van der Waals surface area contributed by atoms with E-state index < -0.39 is 19.7 Å². The van der Waals surface area contributed by atoms with Gasteiger partial charge in [-0.05, 0) is 23.3 Å². The minimum absolute atomic E-state index is 0.0829. The van der Waals surface area contributed by atoms with Gasteiger partial charge in [-0.1, -0.05) is 58.7 Å². The quantitative estimate of drug-likeness (QED) is 0.766. The van der Waals surface area contributed by atoms with Crippen LogP contribution in [0.5, 0.6) is 0 Å². The van der Waals surface area contributed by atoms with E-state index in [2.05, 4.69) is 0 Å². The summed E-state index contributed by atoms with van der Waals surface area (Å²) in [5.74, 6) is 0. The third-order valence-electron chi connectivity index (χ3n) is 3.79. The second-order valence-corrected chi connectivity index (χ2v) is 9.70. The summed E-state index contributed by atoms with van der Waals surface area (Å²) in [5, 5.41) is 1.82. The fourth-order valence-electron chi connectivity index (χ4n) is 2.67. The molecule has 2 atom stereocenters. The molecule has 1 heterocycles. The molecule has 8 heteroatoms. The minimum atomic E-state index is -3.93. The summed E-state index contributed by atoms with van der Waals surface area (Å²) in [4.78, 5) is 1.87. The number of hydrogen-bond acceptors (Lipinski definition) is 4. The average Bonchev–Trinajstić information content (AvgIpc) is 2.82. The molecule has 0 fully saturated rings. The van der Waals surface area contributed by atoms with Crippen molar-refractivity contribution in [2.24, 2.45) is 0 Å². The molecular formula is C16H14Cl2N2O2S2. The van der Waals surface area contributed by atoms with E-state index in [1.54, 1.807) is 6.07 Å². The van der Waals surface area contributed by atoms with E-state index in [1.165, 1.54) is 12.1 Å². The van der Waals surface area contributed by atoms with Crippen LogP contribution in [0.4, 0.5) is 0 Å². The Morgan fingerprint density at radius 3 is 2.46 bits per heavy atom. The maximum Gasteiger partial charge on any atom is 0.262 e. The van der Waals surface area contributed by atoms with Gasteiger partial charge in [0, 0.05) is 23.1 Å². The lowest BCUT2D eigenvalue weighted by Crippen LogP contribution is -2.19. The molecule has 24 heavy (non-hydrogen) atoms. The van der Waals surface area contributed by atoms with Crippen LogP contribution in [-0.2, 0) is 19.7 Å². The number of rotatable bonds is 3. The first kappa shape index (κ1) is 17.5. The third kappa shape index (κ3) is 3.24. The SMILES string of the molecule is CN1C(c2ccc(Cl)c(S(=O)(=O)Cl)c2)=CS(=N)C1c1ccccc1. The molecule has 0 saturated heterocycles. The van der Waals surface area contributed by atoms with Crippen LogP contribution in [0.15, 0.2) is 58.8 Å². The number of nitrogens with one attached hydrogen (secondary N) is 1. The number of benzene rings is 2.